The first-order chi connectivity index (χ1) is 8.89. The SMILES string of the molecule is Nc1ncccc1C(=O)c1cccc(C(F)(F)F)c1. The molecule has 98 valence electrons. The Balaban J connectivity index is 2.43. The minimum atomic E-state index is -4.49. The summed E-state index contributed by atoms with van der Waals surface area (Å²) in [5.74, 6) is -0.596. The molecule has 0 aliphatic carbocycles. The molecule has 0 aliphatic heterocycles. The Labute approximate surface area is 106 Å². The molecular formula is C13H9F3N2O. The van der Waals surface area contributed by atoms with Crippen molar-refractivity contribution in [2.24, 2.45) is 0 Å². The van der Waals surface area contributed by atoms with Gasteiger partial charge in [0.15, 0.2) is 5.78 Å². The van der Waals surface area contributed by atoms with Crippen LogP contribution >= 0.6 is 0 Å². The second-order valence-electron chi connectivity index (χ2n) is 3.84. The van der Waals surface area contributed by atoms with Gasteiger partial charge in [0, 0.05) is 11.8 Å². The maximum Gasteiger partial charge on any atom is 0.416 e. The van der Waals surface area contributed by atoms with Gasteiger partial charge in [-0.25, -0.2) is 4.98 Å². The molecule has 0 spiro atoms. The van der Waals surface area contributed by atoms with Crippen molar-refractivity contribution in [1.29, 1.82) is 0 Å². The van der Waals surface area contributed by atoms with Crippen LogP contribution in [0.1, 0.15) is 21.5 Å². The van der Waals surface area contributed by atoms with Gasteiger partial charge in [-0.3, -0.25) is 4.79 Å². The van der Waals surface area contributed by atoms with Gasteiger partial charge in [-0.15, -0.1) is 0 Å². The van der Waals surface area contributed by atoms with Crippen LogP contribution in [0.3, 0.4) is 0 Å². The summed E-state index contributed by atoms with van der Waals surface area (Å²) in [5.41, 5.74) is 4.66. The smallest absolute Gasteiger partial charge is 0.383 e. The van der Waals surface area contributed by atoms with Gasteiger partial charge >= 0.3 is 6.18 Å². The van der Waals surface area contributed by atoms with E-state index in [2.05, 4.69) is 4.98 Å². The first-order valence-electron chi connectivity index (χ1n) is 5.32. The number of hydrogen-bond donors (Lipinski definition) is 1. The van der Waals surface area contributed by atoms with Crippen LogP contribution in [0.2, 0.25) is 0 Å². The Morgan fingerprint density at radius 1 is 1.16 bits per heavy atom. The van der Waals surface area contributed by atoms with Gasteiger partial charge in [0.1, 0.15) is 5.82 Å². The van der Waals surface area contributed by atoms with Gasteiger partial charge in [0.2, 0.25) is 0 Å². The summed E-state index contributed by atoms with van der Waals surface area (Å²) >= 11 is 0. The number of benzene rings is 1. The Morgan fingerprint density at radius 3 is 2.53 bits per heavy atom. The molecule has 0 saturated heterocycles. The molecule has 0 aliphatic rings. The van der Waals surface area contributed by atoms with E-state index in [0.29, 0.717) is 0 Å². The molecular weight excluding hydrogens is 257 g/mol. The number of pyridine rings is 1. The Morgan fingerprint density at radius 2 is 1.89 bits per heavy atom. The summed E-state index contributed by atoms with van der Waals surface area (Å²) in [7, 11) is 0. The molecule has 0 atom stereocenters. The summed E-state index contributed by atoms with van der Waals surface area (Å²) in [6.45, 7) is 0. The molecule has 1 aromatic carbocycles. The molecule has 0 fully saturated rings. The second-order valence-corrected chi connectivity index (χ2v) is 3.84. The van der Waals surface area contributed by atoms with Crippen LogP contribution in [0.4, 0.5) is 19.0 Å². The molecule has 0 unspecified atom stereocenters. The van der Waals surface area contributed by atoms with Crippen LogP contribution in [0.15, 0.2) is 42.6 Å². The highest BCUT2D eigenvalue weighted by Crippen LogP contribution is 2.30. The fourth-order valence-corrected chi connectivity index (χ4v) is 1.60. The number of hydrogen-bond acceptors (Lipinski definition) is 3. The average Bonchev–Trinajstić information content (AvgIpc) is 2.38. The zero-order chi connectivity index (χ0) is 14.0. The van der Waals surface area contributed by atoms with Gasteiger partial charge in [-0.05, 0) is 24.3 Å². The highest BCUT2D eigenvalue weighted by atomic mass is 19.4. The number of alkyl halides is 3. The summed E-state index contributed by atoms with van der Waals surface area (Å²) in [6, 6.07) is 7.12. The van der Waals surface area contributed by atoms with Crippen LogP contribution in [0.25, 0.3) is 0 Å². The standard InChI is InChI=1S/C13H9F3N2O/c14-13(15,16)9-4-1-3-8(7-9)11(19)10-5-2-6-18-12(10)17/h1-7H,(H2,17,18). The monoisotopic (exact) mass is 266 g/mol. The third-order valence-electron chi connectivity index (χ3n) is 2.54. The van der Waals surface area contributed by atoms with E-state index in [0.717, 1.165) is 12.1 Å². The molecule has 6 heteroatoms. The Bertz CT molecular complexity index is 623. The first kappa shape index (κ1) is 13.1. The highest BCUT2D eigenvalue weighted by Gasteiger charge is 2.31. The van der Waals surface area contributed by atoms with Crippen molar-refractivity contribution < 1.29 is 18.0 Å². The van der Waals surface area contributed by atoms with Crippen molar-refractivity contribution in [1.82, 2.24) is 4.98 Å². The lowest BCUT2D eigenvalue weighted by Gasteiger charge is -2.08. The van der Waals surface area contributed by atoms with Crippen LogP contribution in [-0.2, 0) is 6.18 Å². The second kappa shape index (κ2) is 4.72. The van der Waals surface area contributed by atoms with Crippen molar-refractivity contribution in [3.05, 3.63) is 59.3 Å². The molecule has 0 saturated carbocycles. The zero-order valence-electron chi connectivity index (χ0n) is 9.61. The Kier molecular flexibility index (Phi) is 3.25. The summed E-state index contributed by atoms with van der Waals surface area (Å²) in [5, 5.41) is 0. The number of carbonyl (C=O) groups is 1. The first-order valence-corrected chi connectivity index (χ1v) is 5.32. The zero-order valence-corrected chi connectivity index (χ0v) is 9.61. The van der Waals surface area contributed by atoms with Crippen LogP contribution in [0, 0.1) is 0 Å². The summed E-state index contributed by atoms with van der Waals surface area (Å²) < 4.78 is 37.7. The minimum Gasteiger partial charge on any atom is -0.383 e. The van der Waals surface area contributed by atoms with Gasteiger partial charge in [-0.2, -0.15) is 13.2 Å². The molecule has 2 aromatic rings. The number of aromatic nitrogens is 1. The number of carbonyl (C=O) groups excluding carboxylic acids is 1. The highest BCUT2D eigenvalue weighted by molar-refractivity contribution is 6.11. The van der Waals surface area contributed by atoms with Crippen molar-refractivity contribution in [2.45, 2.75) is 6.18 Å². The number of ketones is 1. The normalized spacial score (nSPS) is 11.3. The lowest BCUT2D eigenvalue weighted by Crippen LogP contribution is -2.10. The Hall–Kier alpha value is -2.37. The quantitative estimate of drug-likeness (QED) is 0.850. The van der Waals surface area contributed by atoms with E-state index in [-0.39, 0.29) is 16.9 Å². The summed E-state index contributed by atoms with van der Waals surface area (Å²) in [4.78, 5) is 15.8. The average molecular weight is 266 g/mol. The molecule has 0 amide bonds. The van der Waals surface area contributed by atoms with E-state index in [1.807, 2.05) is 0 Å². The topological polar surface area (TPSA) is 56.0 Å². The number of nitrogen functional groups attached to an aromatic ring is 1. The van der Waals surface area contributed by atoms with E-state index in [1.54, 1.807) is 0 Å². The number of rotatable bonds is 2. The number of nitrogens with two attached hydrogens (primary N) is 1. The molecule has 1 aromatic heterocycles. The molecule has 1 heterocycles. The molecule has 2 rings (SSSR count). The van der Waals surface area contributed by atoms with Crippen molar-refractivity contribution in [2.75, 3.05) is 5.73 Å². The maximum atomic E-state index is 12.6. The van der Waals surface area contributed by atoms with Gasteiger partial charge in [-0.1, -0.05) is 12.1 Å². The molecule has 2 N–H and O–H groups in total. The van der Waals surface area contributed by atoms with Gasteiger partial charge in [0.05, 0.1) is 11.1 Å². The fourth-order valence-electron chi connectivity index (χ4n) is 1.60. The number of halogens is 3. The minimum absolute atomic E-state index is 0.00934. The van der Waals surface area contributed by atoms with E-state index >= 15 is 0 Å². The maximum absolute atomic E-state index is 12.6. The van der Waals surface area contributed by atoms with Crippen LogP contribution in [0.5, 0.6) is 0 Å². The lowest BCUT2D eigenvalue weighted by molar-refractivity contribution is -0.137. The predicted molar refractivity (Wildman–Crippen MR) is 63.5 cm³/mol. The molecule has 0 radical (unpaired) electrons. The molecule has 3 nitrogen and oxygen atoms in total. The predicted octanol–water partition coefficient (Wildman–Crippen LogP) is 2.91. The van der Waals surface area contributed by atoms with Crippen LogP contribution < -0.4 is 5.73 Å². The third-order valence-corrected chi connectivity index (χ3v) is 2.54. The summed E-state index contributed by atoms with van der Waals surface area (Å²) in [6.07, 6.45) is -3.09. The van der Waals surface area contributed by atoms with E-state index < -0.39 is 17.5 Å². The third kappa shape index (κ3) is 2.73. The molecule has 19 heavy (non-hydrogen) atoms. The van der Waals surface area contributed by atoms with E-state index in [1.165, 1.54) is 30.5 Å². The number of nitrogens with zero attached hydrogens (tertiary/aromatic N) is 1. The van der Waals surface area contributed by atoms with Crippen molar-refractivity contribution >= 4 is 11.6 Å². The lowest BCUT2D eigenvalue weighted by atomic mass is 10.0. The van der Waals surface area contributed by atoms with Gasteiger partial charge < -0.3 is 5.73 Å². The largest absolute Gasteiger partial charge is 0.416 e. The van der Waals surface area contributed by atoms with Crippen LogP contribution in [-0.4, -0.2) is 10.8 Å². The molecule has 0 bridgehead atoms. The number of anilines is 1. The fraction of sp³-hybridized carbons (Fsp3) is 0.0769. The van der Waals surface area contributed by atoms with Gasteiger partial charge in [0.25, 0.3) is 0 Å². The van der Waals surface area contributed by atoms with E-state index in [4.69, 9.17) is 5.73 Å². The van der Waals surface area contributed by atoms with Crippen molar-refractivity contribution in [3.8, 4) is 0 Å². The van der Waals surface area contributed by atoms with Crippen molar-refractivity contribution in [3.63, 3.8) is 0 Å². The van der Waals surface area contributed by atoms with E-state index in [9.17, 15) is 18.0 Å².